The lowest BCUT2D eigenvalue weighted by Crippen LogP contribution is -2.06. The van der Waals surface area contributed by atoms with E-state index < -0.39 is 5.97 Å². The fourth-order valence-electron chi connectivity index (χ4n) is 2.08. The highest BCUT2D eigenvalue weighted by Crippen LogP contribution is 2.21. The van der Waals surface area contributed by atoms with E-state index in [-0.39, 0.29) is 5.56 Å². The standard InChI is InChI=1S/C14H13N5O2/c1-19-8-16-13(18-19)7-15-12-6-10(14(20)21)9-4-2-3-5-11(9)17-12/h2-6,8H,7H2,1H3,(H,15,17)(H,20,21). The second kappa shape index (κ2) is 5.20. The molecule has 3 rings (SSSR count). The number of para-hydroxylation sites is 1. The van der Waals surface area contributed by atoms with Crippen molar-refractivity contribution in [1.82, 2.24) is 19.7 Å². The zero-order chi connectivity index (χ0) is 14.8. The monoisotopic (exact) mass is 283 g/mol. The highest BCUT2D eigenvalue weighted by Gasteiger charge is 2.11. The van der Waals surface area contributed by atoms with Crippen LogP contribution in [0.1, 0.15) is 16.2 Å². The topological polar surface area (TPSA) is 92.9 Å². The summed E-state index contributed by atoms with van der Waals surface area (Å²) in [6.45, 7) is 0.380. The Morgan fingerprint density at radius 1 is 1.38 bits per heavy atom. The normalized spacial score (nSPS) is 10.7. The minimum Gasteiger partial charge on any atom is -0.478 e. The van der Waals surface area contributed by atoms with E-state index in [1.807, 2.05) is 6.07 Å². The predicted molar refractivity (Wildman–Crippen MR) is 77.0 cm³/mol. The third-order valence-corrected chi connectivity index (χ3v) is 3.02. The molecule has 2 heterocycles. The van der Waals surface area contributed by atoms with Gasteiger partial charge in [-0.1, -0.05) is 18.2 Å². The molecule has 0 saturated heterocycles. The van der Waals surface area contributed by atoms with Crippen molar-refractivity contribution in [3.05, 3.63) is 48.0 Å². The summed E-state index contributed by atoms with van der Waals surface area (Å²) >= 11 is 0. The smallest absolute Gasteiger partial charge is 0.336 e. The Morgan fingerprint density at radius 3 is 2.90 bits per heavy atom. The van der Waals surface area contributed by atoms with Gasteiger partial charge in [-0.15, -0.1) is 0 Å². The molecule has 0 unspecified atom stereocenters. The molecule has 7 nitrogen and oxygen atoms in total. The van der Waals surface area contributed by atoms with Crippen LogP contribution in [0, 0.1) is 0 Å². The first-order chi connectivity index (χ1) is 10.1. The third-order valence-electron chi connectivity index (χ3n) is 3.02. The first-order valence-electron chi connectivity index (χ1n) is 6.35. The number of aromatic nitrogens is 4. The van der Waals surface area contributed by atoms with Gasteiger partial charge in [0.1, 0.15) is 12.1 Å². The first kappa shape index (κ1) is 13.0. The number of hydrogen-bond donors (Lipinski definition) is 2. The van der Waals surface area contributed by atoms with Gasteiger partial charge < -0.3 is 10.4 Å². The Bertz CT molecular complexity index is 812. The molecule has 2 N–H and O–H groups in total. The molecule has 0 aliphatic heterocycles. The third kappa shape index (κ3) is 2.66. The second-order valence-corrected chi connectivity index (χ2v) is 4.57. The number of nitrogens with one attached hydrogen (secondary N) is 1. The van der Waals surface area contributed by atoms with Crippen molar-refractivity contribution >= 4 is 22.7 Å². The van der Waals surface area contributed by atoms with E-state index in [1.54, 1.807) is 36.3 Å². The molecule has 0 amide bonds. The lowest BCUT2D eigenvalue weighted by atomic mass is 10.1. The van der Waals surface area contributed by atoms with Gasteiger partial charge in [-0.3, -0.25) is 4.68 Å². The molecule has 0 aliphatic rings. The van der Waals surface area contributed by atoms with Crippen molar-refractivity contribution in [2.75, 3.05) is 5.32 Å². The highest BCUT2D eigenvalue weighted by molar-refractivity contribution is 6.03. The van der Waals surface area contributed by atoms with Gasteiger partial charge in [-0.2, -0.15) is 5.10 Å². The number of nitrogens with zero attached hydrogens (tertiary/aromatic N) is 4. The van der Waals surface area contributed by atoms with Crippen LogP contribution in [0.3, 0.4) is 0 Å². The van der Waals surface area contributed by atoms with Crippen LogP contribution in [0.4, 0.5) is 5.82 Å². The number of aryl methyl sites for hydroxylation is 1. The molecule has 106 valence electrons. The number of carboxylic acid groups (broad SMARTS) is 1. The number of anilines is 1. The number of hydrogen-bond acceptors (Lipinski definition) is 5. The van der Waals surface area contributed by atoms with E-state index in [4.69, 9.17) is 0 Å². The minimum atomic E-state index is -0.979. The lowest BCUT2D eigenvalue weighted by Gasteiger charge is -2.07. The van der Waals surface area contributed by atoms with Crippen molar-refractivity contribution in [3.8, 4) is 0 Å². The van der Waals surface area contributed by atoms with Crippen LogP contribution in [0.2, 0.25) is 0 Å². The molecule has 3 aromatic rings. The fourth-order valence-corrected chi connectivity index (χ4v) is 2.08. The molecule has 2 aromatic heterocycles. The van der Waals surface area contributed by atoms with Crippen molar-refractivity contribution in [2.24, 2.45) is 7.05 Å². The van der Waals surface area contributed by atoms with Crippen molar-refractivity contribution in [1.29, 1.82) is 0 Å². The zero-order valence-electron chi connectivity index (χ0n) is 11.3. The molecule has 0 saturated carbocycles. The Balaban J connectivity index is 1.93. The molecule has 0 atom stereocenters. The summed E-state index contributed by atoms with van der Waals surface area (Å²) in [6, 6.07) is 8.67. The van der Waals surface area contributed by atoms with E-state index in [0.717, 1.165) is 0 Å². The van der Waals surface area contributed by atoms with Crippen LogP contribution >= 0.6 is 0 Å². The van der Waals surface area contributed by atoms with Crippen LogP contribution in [0.25, 0.3) is 10.9 Å². The minimum absolute atomic E-state index is 0.220. The summed E-state index contributed by atoms with van der Waals surface area (Å²) in [7, 11) is 1.79. The molecule has 21 heavy (non-hydrogen) atoms. The fraction of sp³-hybridized carbons (Fsp3) is 0.143. The summed E-state index contributed by atoms with van der Waals surface area (Å²) in [4.78, 5) is 19.9. The van der Waals surface area contributed by atoms with Crippen LogP contribution in [0.15, 0.2) is 36.7 Å². The number of carbonyl (C=O) groups is 1. The molecule has 0 bridgehead atoms. The molecular formula is C14H13N5O2. The number of carboxylic acids is 1. The average molecular weight is 283 g/mol. The Morgan fingerprint density at radius 2 is 2.19 bits per heavy atom. The quantitative estimate of drug-likeness (QED) is 0.756. The van der Waals surface area contributed by atoms with Gasteiger partial charge in [-0.25, -0.2) is 14.8 Å². The SMILES string of the molecule is Cn1cnc(CNc2cc(C(=O)O)c3ccccc3n2)n1. The molecule has 0 fully saturated rings. The largest absolute Gasteiger partial charge is 0.478 e. The number of benzene rings is 1. The van der Waals surface area contributed by atoms with Crippen LogP contribution in [-0.2, 0) is 13.6 Å². The maximum Gasteiger partial charge on any atom is 0.336 e. The summed E-state index contributed by atoms with van der Waals surface area (Å²) in [5.74, 6) is 0.121. The van der Waals surface area contributed by atoms with E-state index in [1.165, 1.54) is 6.07 Å². The second-order valence-electron chi connectivity index (χ2n) is 4.57. The number of aromatic carboxylic acids is 1. The molecule has 0 spiro atoms. The molecule has 1 aromatic carbocycles. The first-order valence-corrected chi connectivity index (χ1v) is 6.35. The van der Waals surface area contributed by atoms with Gasteiger partial charge in [0.2, 0.25) is 0 Å². The number of rotatable bonds is 4. The van der Waals surface area contributed by atoms with Crippen LogP contribution in [0.5, 0.6) is 0 Å². The summed E-state index contributed by atoms with van der Waals surface area (Å²) < 4.78 is 1.60. The maximum absolute atomic E-state index is 11.4. The molecule has 7 heteroatoms. The van der Waals surface area contributed by atoms with Crippen molar-refractivity contribution in [2.45, 2.75) is 6.54 Å². The van der Waals surface area contributed by atoms with Crippen molar-refractivity contribution < 1.29 is 9.90 Å². The van der Waals surface area contributed by atoms with E-state index in [2.05, 4.69) is 20.4 Å². The van der Waals surface area contributed by atoms with Gasteiger partial charge in [0.25, 0.3) is 0 Å². The average Bonchev–Trinajstić information content (AvgIpc) is 2.89. The Labute approximate surface area is 120 Å². The predicted octanol–water partition coefficient (Wildman–Crippen LogP) is 1.67. The Kier molecular flexibility index (Phi) is 3.23. The highest BCUT2D eigenvalue weighted by atomic mass is 16.4. The molecule has 0 aliphatic carbocycles. The van der Waals surface area contributed by atoms with E-state index in [9.17, 15) is 9.90 Å². The molecular weight excluding hydrogens is 270 g/mol. The van der Waals surface area contributed by atoms with Crippen LogP contribution < -0.4 is 5.32 Å². The maximum atomic E-state index is 11.4. The van der Waals surface area contributed by atoms with Gasteiger partial charge >= 0.3 is 5.97 Å². The van der Waals surface area contributed by atoms with Gasteiger partial charge in [-0.05, 0) is 12.1 Å². The van der Waals surface area contributed by atoms with Crippen molar-refractivity contribution in [3.63, 3.8) is 0 Å². The van der Waals surface area contributed by atoms with E-state index >= 15 is 0 Å². The van der Waals surface area contributed by atoms with Gasteiger partial charge in [0, 0.05) is 12.4 Å². The zero-order valence-corrected chi connectivity index (χ0v) is 11.3. The summed E-state index contributed by atoms with van der Waals surface area (Å²) in [5, 5.41) is 17.1. The lowest BCUT2D eigenvalue weighted by molar-refractivity contribution is 0.0699. The van der Waals surface area contributed by atoms with Gasteiger partial charge in [0.05, 0.1) is 17.6 Å². The molecule has 0 radical (unpaired) electrons. The summed E-state index contributed by atoms with van der Waals surface area (Å²) in [6.07, 6.45) is 1.60. The Hall–Kier alpha value is -2.96. The number of pyridine rings is 1. The van der Waals surface area contributed by atoms with Gasteiger partial charge in [0.15, 0.2) is 5.82 Å². The van der Waals surface area contributed by atoms with E-state index in [0.29, 0.717) is 29.1 Å². The van der Waals surface area contributed by atoms with Crippen LogP contribution in [-0.4, -0.2) is 30.8 Å². The summed E-state index contributed by atoms with van der Waals surface area (Å²) in [5.41, 5.74) is 0.853. The number of fused-ring (bicyclic) bond motifs is 1.